The van der Waals surface area contributed by atoms with E-state index in [-0.39, 0.29) is 23.5 Å². The smallest absolute Gasteiger partial charge is 0.130 e. The standard InChI is InChI=1S/C14H20O4/c1-9(2)18-14-8-11(16)7-13(17)12(14)6-10(3)4-5-15/h5,7-10,16-17H,4,6H2,1-3H3/t10-/m1/s1. The Hall–Kier alpha value is -1.71. The fourth-order valence-electron chi connectivity index (χ4n) is 1.78. The van der Waals surface area contributed by atoms with Crippen molar-refractivity contribution in [1.29, 1.82) is 0 Å². The lowest BCUT2D eigenvalue weighted by molar-refractivity contribution is -0.108. The fourth-order valence-corrected chi connectivity index (χ4v) is 1.78. The second kappa shape index (κ2) is 6.28. The van der Waals surface area contributed by atoms with Gasteiger partial charge in [-0.25, -0.2) is 0 Å². The second-order valence-electron chi connectivity index (χ2n) is 4.82. The van der Waals surface area contributed by atoms with Crippen molar-refractivity contribution in [1.82, 2.24) is 0 Å². The molecule has 1 aromatic carbocycles. The highest BCUT2D eigenvalue weighted by atomic mass is 16.5. The molecule has 4 heteroatoms. The van der Waals surface area contributed by atoms with Crippen LogP contribution in [-0.2, 0) is 11.2 Å². The summed E-state index contributed by atoms with van der Waals surface area (Å²) in [6.07, 6.45) is 1.78. The van der Waals surface area contributed by atoms with Crippen LogP contribution in [-0.4, -0.2) is 22.6 Å². The highest BCUT2D eigenvalue weighted by molar-refractivity contribution is 5.52. The third kappa shape index (κ3) is 3.95. The second-order valence-corrected chi connectivity index (χ2v) is 4.82. The summed E-state index contributed by atoms with van der Waals surface area (Å²) in [7, 11) is 0. The Morgan fingerprint density at radius 1 is 1.28 bits per heavy atom. The predicted octanol–water partition coefficient (Wildman–Crippen LogP) is 2.65. The lowest BCUT2D eigenvalue weighted by Crippen LogP contribution is -2.09. The van der Waals surface area contributed by atoms with Crippen molar-refractivity contribution in [2.24, 2.45) is 5.92 Å². The van der Waals surface area contributed by atoms with Crippen molar-refractivity contribution in [3.63, 3.8) is 0 Å². The molecule has 0 bridgehead atoms. The van der Waals surface area contributed by atoms with Gasteiger partial charge >= 0.3 is 0 Å². The summed E-state index contributed by atoms with van der Waals surface area (Å²) in [4.78, 5) is 10.5. The van der Waals surface area contributed by atoms with E-state index >= 15 is 0 Å². The molecule has 18 heavy (non-hydrogen) atoms. The molecule has 1 atom stereocenters. The number of carbonyl (C=O) groups excluding carboxylic acids is 1. The summed E-state index contributed by atoms with van der Waals surface area (Å²) in [5, 5.41) is 19.3. The van der Waals surface area contributed by atoms with E-state index in [9.17, 15) is 15.0 Å². The highest BCUT2D eigenvalue weighted by Gasteiger charge is 2.15. The number of aldehydes is 1. The average molecular weight is 252 g/mol. The van der Waals surface area contributed by atoms with Gasteiger partial charge < -0.3 is 19.7 Å². The molecule has 1 rings (SSSR count). The van der Waals surface area contributed by atoms with E-state index in [1.165, 1.54) is 12.1 Å². The summed E-state index contributed by atoms with van der Waals surface area (Å²) in [6, 6.07) is 2.78. The fraction of sp³-hybridized carbons (Fsp3) is 0.500. The van der Waals surface area contributed by atoms with E-state index in [4.69, 9.17) is 4.74 Å². The number of carbonyl (C=O) groups is 1. The van der Waals surface area contributed by atoms with Crippen LogP contribution in [0.5, 0.6) is 17.2 Å². The molecule has 0 fully saturated rings. The summed E-state index contributed by atoms with van der Waals surface area (Å²) < 4.78 is 5.58. The zero-order valence-corrected chi connectivity index (χ0v) is 11.0. The third-order valence-corrected chi connectivity index (χ3v) is 2.58. The largest absolute Gasteiger partial charge is 0.508 e. The average Bonchev–Trinajstić information content (AvgIpc) is 2.22. The van der Waals surface area contributed by atoms with Crippen molar-refractivity contribution < 1.29 is 19.7 Å². The molecule has 2 N–H and O–H groups in total. The van der Waals surface area contributed by atoms with Crippen LogP contribution in [0.25, 0.3) is 0 Å². The van der Waals surface area contributed by atoms with Gasteiger partial charge in [0.25, 0.3) is 0 Å². The number of benzene rings is 1. The van der Waals surface area contributed by atoms with Gasteiger partial charge in [-0.1, -0.05) is 6.92 Å². The van der Waals surface area contributed by atoms with Gasteiger partial charge in [-0.2, -0.15) is 0 Å². The maximum atomic E-state index is 10.5. The maximum Gasteiger partial charge on any atom is 0.130 e. The molecule has 0 saturated carbocycles. The molecule has 0 heterocycles. The minimum Gasteiger partial charge on any atom is -0.508 e. The third-order valence-electron chi connectivity index (χ3n) is 2.58. The minimum atomic E-state index is -0.0497. The molecule has 4 nitrogen and oxygen atoms in total. The van der Waals surface area contributed by atoms with E-state index in [1.54, 1.807) is 0 Å². The van der Waals surface area contributed by atoms with Crippen LogP contribution in [0.4, 0.5) is 0 Å². The molecular weight excluding hydrogens is 232 g/mol. The zero-order valence-electron chi connectivity index (χ0n) is 11.0. The van der Waals surface area contributed by atoms with Gasteiger partial charge in [0.2, 0.25) is 0 Å². The minimum absolute atomic E-state index is 0.00315. The van der Waals surface area contributed by atoms with Crippen molar-refractivity contribution in [3.05, 3.63) is 17.7 Å². The molecule has 0 aromatic heterocycles. The topological polar surface area (TPSA) is 66.8 Å². The lowest BCUT2D eigenvalue weighted by Gasteiger charge is -2.17. The van der Waals surface area contributed by atoms with Gasteiger partial charge in [0.05, 0.1) is 6.10 Å². The molecule has 100 valence electrons. The Balaban J connectivity index is 3.02. The summed E-state index contributed by atoms with van der Waals surface area (Å²) in [5.41, 5.74) is 0.635. The number of hydrogen-bond donors (Lipinski definition) is 2. The highest BCUT2D eigenvalue weighted by Crippen LogP contribution is 2.35. The van der Waals surface area contributed by atoms with Crippen LogP contribution in [0.3, 0.4) is 0 Å². The van der Waals surface area contributed by atoms with E-state index in [2.05, 4.69) is 0 Å². The van der Waals surface area contributed by atoms with E-state index in [0.29, 0.717) is 24.2 Å². The van der Waals surface area contributed by atoms with Gasteiger partial charge in [0.1, 0.15) is 23.5 Å². The first kappa shape index (κ1) is 14.4. The van der Waals surface area contributed by atoms with Gasteiger partial charge in [0.15, 0.2) is 0 Å². The van der Waals surface area contributed by atoms with Crippen LogP contribution >= 0.6 is 0 Å². The molecule has 1 aromatic rings. The Morgan fingerprint density at radius 3 is 2.50 bits per heavy atom. The van der Waals surface area contributed by atoms with Crippen LogP contribution < -0.4 is 4.74 Å². The number of phenolic OH excluding ortho intramolecular Hbond substituents is 2. The number of rotatable bonds is 6. The summed E-state index contributed by atoms with van der Waals surface area (Å²) >= 11 is 0. The Kier molecular flexibility index (Phi) is 5.01. The van der Waals surface area contributed by atoms with Crippen LogP contribution in [0.15, 0.2) is 12.1 Å². The van der Waals surface area contributed by atoms with Gasteiger partial charge in [0, 0.05) is 24.1 Å². The number of hydrogen-bond acceptors (Lipinski definition) is 4. The summed E-state index contributed by atoms with van der Waals surface area (Å²) in [6.45, 7) is 5.68. The van der Waals surface area contributed by atoms with Crippen LogP contribution in [0.1, 0.15) is 32.8 Å². The monoisotopic (exact) mass is 252 g/mol. The Labute approximate surface area is 107 Å². The summed E-state index contributed by atoms with van der Waals surface area (Å²) in [5.74, 6) is 0.561. The van der Waals surface area contributed by atoms with Crippen molar-refractivity contribution in [2.45, 2.75) is 39.7 Å². The molecule has 0 unspecified atom stereocenters. The quantitative estimate of drug-likeness (QED) is 0.764. The first-order valence-electron chi connectivity index (χ1n) is 6.09. The Bertz CT molecular complexity index is 413. The number of ether oxygens (including phenoxy) is 1. The molecule has 0 aliphatic carbocycles. The maximum absolute atomic E-state index is 10.5. The van der Waals surface area contributed by atoms with Gasteiger partial charge in [-0.05, 0) is 26.2 Å². The molecule has 0 amide bonds. The number of phenols is 2. The van der Waals surface area contributed by atoms with Gasteiger partial charge in [-0.15, -0.1) is 0 Å². The first-order chi connectivity index (χ1) is 8.43. The lowest BCUT2D eigenvalue weighted by atomic mass is 9.97. The zero-order chi connectivity index (χ0) is 13.7. The Morgan fingerprint density at radius 2 is 1.94 bits per heavy atom. The number of aromatic hydroxyl groups is 2. The van der Waals surface area contributed by atoms with Crippen LogP contribution in [0.2, 0.25) is 0 Å². The van der Waals surface area contributed by atoms with Crippen molar-refractivity contribution >= 4 is 6.29 Å². The van der Waals surface area contributed by atoms with E-state index in [0.717, 1.165) is 6.29 Å². The first-order valence-corrected chi connectivity index (χ1v) is 6.09. The molecular formula is C14H20O4. The van der Waals surface area contributed by atoms with E-state index < -0.39 is 0 Å². The molecule has 0 saturated heterocycles. The van der Waals surface area contributed by atoms with Gasteiger partial charge in [-0.3, -0.25) is 0 Å². The van der Waals surface area contributed by atoms with Crippen molar-refractivity contribution in [2.75, 3.05) is 0 Å². The molecule has 0 aliphatic rings. The molecule has 0 spiro atoms. The SMILES string of the molecule is CC(C)Oc1cc(O)cc(O)c1C[C@H](C)CC=O. The van der Waals surface area contributed by atoms with Crippen LogP contribution in [0, 0.1) is 5.92 Å². The predicted molar refractivity (Wildman–Crippen MR) is 69.1 cm³/mol. The normalized spacial score (nSPS) is 12.4. The molecule has 0 radical (unpaired) electrons. The van der Waals surface area contributed by atoms with Crippen molar-refractivity contribution in [3.8, 4) is 17.2 Å². The molecule has 0 aliphatic heterocycles. The van der Waals surface area contributed by atoms with E-state index in [1.807, 2.05) is 20.8 Å².